The van der Waals surface area contributed by atoms with Crippen LogP contribution in [-0.2, 0) is 14.8 Å². The molecular weight excluding hydrogens is 412 g/mol. The average Bonchev–Trinajstić information content (AvgIpc) is 2.83. The largest absolute Gasteiger partial charge is 0.490 e. The van der Waals surface area contributed by atoms with Gasteiger partial charge in [-0.3, -0.25) is 9.52 Å². The highest BCUT2D eigenvalue weighted by Crippen LogP contribution is 2.39. The van der Waals surface area contributed by atoms with Crippen molar-refractivity contribution in [3.8, 4) is 5.75 Å². The van der Waals surface area contributed by atoms with E-state index in [-0.39, 0.29) is 17.4 Å². The number of ether oxygens (including phenoxy) is 1. The highest BCUT2D eigenvalue weighted by atomic mass is 32.2. The van der Waals surface area contributed by atoms with Gasteiger partial charge in [-0.25, -0.2) is 8.42 Å². The summed E-state index contributed by atoms with van der Waals surface area (Å²) in [4.78, 5) is 15.0. The van der Waals surface area contributed by atoms with Gasteiger partial charge in [-0.05, 0) is 49.9 Å². The Morgan fingerprint density at radius 1 is 1.06 bits per heavy atom. The first-order chi connectivity index (χ1) is 14.7. The minimum Gasteiger partial charge on any atom is -0.490 e. The third-order valence-electron chi connectivity index (χ3n) is 5.40. The summed E-state index contributed by atoms with van der Waals surface area (Å²) >= 11 is 0. The van der Waals surface area contributed by atoms with Gasteiger partial charge in [0, 0.05) is 11.9 Å². The fourth-order valence-corrected chi connectivity index (χ4v) is 5.07. The Bertz CT molecular complexity index is 1250. The van der Waals surface area contributed by atoms with Gasteiger partial charge in [0.15, 0.2) is 0 Å². The fourth-order valence-electron chi connectivity index (χ4n) is 3.79. The smallest absolute Gasteiger partial charge is 0.262 e. The molecule has 1 aliphatic rings. The van der Waals surface area contributed by atoms with Crippen molar-refractivity contribution in [1.29, 1.82) is 0 Å². The van der Waals surface area contributed by atoms with E-state index >= 15 is 0 Å². The molecule has 0 aromatic heterocycles. The number of nitrogens with one attached hydrogen (secondary N) is 1. The molecule has 0 saturated carbocycles. The lowest BCUT2D eigenvalue weighted by atomic mass is 9.93. The molecule has 0 saturated heterocycles. The molecule has 0 fully saturated rings. The zero-order valence-electron chi connectivity index (χ0n) is 17.9. The molecule has 3 aromatic carbocycles. The number of anilines is 2. The van der Waals surface area contributed by atoms with Crippen molar-refractivity contribution in [2.45, 2.75) is 32.1 Å². The summed E-state index contributed by atoms with van der Waals surface area (Å²) in [6.45, 7) is 6.50. The van der Waals surface area contributed by atoms with Crippen LogP contribution in [0.5, 0.6) is 5.75 Å². The predicted octanol–water partition coefficient (Wildman–Crippen LogP) is 4.80. The maximum atomic E-state index is 13.2. The molecule has 162 valence electrons. The quantitative estimate of drug-likeness (QED) is 0.621. The summed E-state index contributed by atoms with van der Waals surface area (Å²) in [5.41, 5.74) is 0.288. The van der Waals surface area contributed by atoms with Crippen LogP contribution in [-0.4, -0.2) is 27.5 Å². The first-order valence-electron chi connectivity index (χ1n) is 10.3. The van der Waals surface area contributed by atoms with Gasteiger partial charge in [0.25, 0.3) is 10.0 Å². The van der Waals surface area contributed by atoms with E-state index in [4.69, 9.17) is 4.74 Å². The van der Waals surface area contributed by atoms with Crippen molar-refractivity contribution in [1.82, 2.24) is 0 Å². The summed E-state index contributed by atoms with van der Waals surface area (Å²) < 4.78 is 35.0. The van der Waals surface area contributed by atoms with Gasteiger partial charge in [-0.1, -0.05) is 43.3 Å². The highest BCUT2D eigenvalue weighted by molar-refractivity contribution is 7.93. The van der Waals surface area contributed by atoms with Crippen LogP contribution in [0.15, 0.2) is 65.6 Å². The second kappa shape index (κ2) is 7.89. The SMILES string of the molecule is CCCN1C(=O)C(C)(C)COc2ccc(NS(=O)(=O)c3cccc4ccccc34)cc21. The third-order valence-corrected chi connectivity index (χ3v) is 6.84. The molecule has 1 aliphatic heterocycles. The molecule has 0 spiro atoms. The Morgan fingerprint density at radius 3 is 2.58 bits per heavy atom. The number of carbonyl (C=O) groups excluding carboxylic acids is 1. The summed E-state index contributed by atoms with van der Waals surface area (Å²) in [6, 6.07) is 17.6. The molecular formula is C24H26N2O4S. The van der Waals surface area contributed by atoms with Crippen molar-refractivity contribution >= 4 is 38.1 Å². The van der Waals surface area contributed by atoms with Gasteiger partial charge in [0.05, 0.1) is 21.7 Å². The van der Waals surface area contributed by atoms with Crippen LogP contribution in [0.1, 0.15) is 27.2 Å². The standard InChI is InChI=1S/C24H26N2O4S/c1-4-14-26-20-15-18(12-13-21(20)30-16-24(2,3)23(26)27)25-31(28,29)22-11-7-9-17-8-5-6-10-19(17)22/h5-13,15,25H,4,14,16H2,1-3H3. The molecule has 1 N–H and O–H groups in total. The van der Waals surface area contributed by atoms with Crippen LogP contribution in [0.25, 0.3) is 10.8 Å². The fraction of sp³-hybridized carbons (Fsp3) is 0.292. The zero-order chi connectivity index (χ0) is 22.2. The van der Waals surface area contributed by atoms with Crippen LogP contribution in [0, 0.1) is 5.41 Å². The molecule has 7 heteroatoms. The lowest BCUT2D eigenvalue weighted by Crippen LogP contribution is -2.42. The van der Waals surface area contributed by atoms with Crippen LogP contribution < -0.4 is 14.4 Å². The maximum absolute atomic E-state index is 13.2. The van der Waals surface area contributed by atoms with E-state index in [9.17, 15) is 13.2 Å². The molecule has 0 radical (unpaired) electrons. The molecule has 0 atom stereocenters. The molecule has 0 aliphatic carbocycles. The van der Waals surface area contributed by atoms with Crippen LogP contribution in [0.2, 0.25) is 0 Å². The minimum absolute atomic E-state index is 0.0397. The summed E-state index contributed by atoms with van der Waals surface area (Å²) in [6.07, 6.45) is 0.771. The number of fused-ring (bicyclic) bond motifs is 2. The van der Waals surface area contributed by atoms with E-state index in [1.165, 1.54) is 0 Å². The lowest BCUT2D eigenvalue weighted by Gasteiger charge is -2.28. The lowest BCUT2D eigenvalue weighted by molar-refractivity contribution is -0.127. The number of rotatable bonds is 5. The number of carbonyl (C=O) groups is 1. The van der Waals surface area contributed by atoms with Crippen LogP contribution >= 0.6 is 0 Å². The van der Waals surface area contributed by atoms with E-state index in [0.29, 0.717) is 29.1 Å². The predicted molar refractivity (Wildman–Crippen MR) is 123 cm³/mol. The van der Waals surface area contributed by atoms with E-state index in [1.54, 1.807) is 41.3 Å². The summed E-state index contributed by atoms with van der Waals surface area (Å²) in [7, 11) is -3.84. The van der Waals surface area contributed by atoms with Gasteiger partial charge < -0.3 is 9.64 Å². The normalized spacial score (nSPS) is 15.8. The van der Waals surface area contributed by atoms with Crippen molar-refractivity contribution in [3.63, 3.8) is 0 Å². The minimum atomic E-state index is -3.84. The Hall–Kier alpha value is -3.06. The molecule has 4 rings (SSSR count). The van der Waals surface area contributed by atoms with Gasteiger partial charge in [-0.2, -0.15) is 0 Å². The molecule has 6 nitrogen and oxygen atoms in total. The molecule has 31 heavy (non-hydrogen) atoms. The van der Waals surface area contributed by atoms with Crippen molar-refractivity contribution in [2.75, 3.05) is 22.8 Å². The molecule has 0 unspecified atom stereocenters. The first kappa shape index (κ1) is 21.2. The number of hydrogen-bond acceptors (Lipinski definition) is 4. The van der Waals surface area contributed by atoms with Crippen molar-refractivity contribution in [3.05, 3.63) is 60.7 Å². The van der Waals surface area contributed by atoms with Gasteiger partial charge in [-0.15, -0.1) is 0 Å². The molecule has 3 aromatic rings. The van der Waals surface area contributed by atoms with Crippen molar-refractivity contribution < 1.29 is 17.9 Å². The number of benzene rings is 3. The summed E-state index contributed by atoms with van der Waals surface area (Å²) in [5.74, 6) is 0.530. The van der Waals surface area contributed by atoms with Gasteiger partial charge in [0.2, 0.25) is 5.91 Å². The van der Waals surface area contributed by atoms with Crippen LogP contribution in [0.3, 0.4) is 0 Å². The summed E-state index contributed by atoms with van der Waals surface area (Å²) in [5, 5.41) is 1.50. The number of amides is 1. The molecule has 1 amide bonds. The Labute approximate surface area is 182 Å². The topological polar surface area (TPSA) is 75.7 Å². The van der Waals surface area contributed by atoms with Crippen molar-refractivity contribution in [2.24, 2.45) is 5.41 Å². The van der Waals surface area contributed by atoms with Gasteiger partial charge >= 0.3 is 0 Å². The average molecular weight is 439 g/mol. The number of hydrogen-bond donors (Lipinski definition) is 1. The zero-order valence-corrected chi connectivity index (χ0v) is 18.7. The second-order valence-corrected chi connectivity index (χ2v) is 10.0. The number of sulfonamides is 1. The number of nitrogens with zero attached hydrogens (tertiary/aromatic N) is 1. The molecule has 1 heterocycles. The molecule has 0 bridgehead atoms. The van der Waals surface area contributed by atoms with E-state index < -0.39 is 15.4 Å². The maximum Gasteiger partial charge on any atom is 0.262 e. The highest BCUT2D eigenvalue weighted by Gasteiger charge is 2.37. The Morgan fingerprint density at radius 2 is 1.81 bits per heavy atom. The van der Waals surface area contributed by atoms with E-state index in [0.717, 1.165) is 11.8 Å². The Kier molecular flexibility index (Phi) is 5.39. The Balaban J connectivity index is 1.74. The van der Waals surface area contributed by atoms with E-state index in [1.807, 2.05) is 45.0 Å². The first-order valence-corrected chi connectivity index (χ1v) is 11.8. The van der Waals surface area contributed by atoms with E-state index in [2.05, 4.69) is 4.72 Å². The monoisotopic (exact) mass is 438 g/mol. The third kappa shape index (κ3) is 3.97. The van der Waals surface area contributed by atoms with Gasteiger partial charge in [0.1, 0.15) is 12.4 Å². The second-order valence-electron chi connectivity index (χ2n) is 8.39. The van der Waals surface area contributed by atoms with Crippen LogP contribution in [0.4, 0.5) is 11.4 Å².